The molecule has 0 fully saturated rings. The third-order valence-electron chi connectivity index (χ3n) is 1.75. The summed E-state index contributed by atoms with van der Waals surface area (Å²) in [5.74, 6) is 0.706. The van der Waals surface area contributed by atoms with E-state index < -0.39 is 0 Å². The normalized spacial score (nSPS) is 14.7. The standard InChI is InChI=1S/C12H18O/c1-4-11(2)9-7-5-6-8-10-12(3)13/h5-11H,4H2,1-3H3/b6-5+,9-7+,10-8+/t11-/m0/s1. The number of carbonyl (C=O) groups is 1. The van der Waals surface area contributed by atoms with Crippen LogP contribution >= 0.6 is 0 Å². The molecule has 0 radical (unpaired) electrons. The Balaban J connectivity index is 3.75. The minimum atomic E-state index is 0.0792. The molecule has 1 heteroatoms. The molecule has 0 amide bonds. The molecule has 1 atom stereocenters. The molecule has 72 valence electrons. The van der Waals surface area contributed by atoms with Gasteiger partial charge in [0, 0.05) is 0 Å². The molecule has 0 N–H and O–H groups in total. The van der Waals surface area contributed by atoms with E-state index in [0.717, 1.165) is 6.42 Å². The highest BCUT2D eigenvalue weighted by molar-refractivity contribution is 5.87. The summed E-state index contributed by atoms with van der Waals surface area (Å²) in [7, 11) is 0. The van der Waals surface area contributed by atoms with Crippen molar-refractivity contribution in [2.45, 2.75) is 27.2 Å². The average Bonchev–Trinajstić information content (AvgIpc) is 2.10. The third kappa shape index (κ3) is 8.80. The predicted octanol–water partition coefficient (Wildman–Crippen LogP) is 3.29. The molecule has 0 aromatic heterocycles. The van der Waals surface area contributed by atoms with Crippen LogP contribution in [0.4, 0.5) is 0 Å². The molecule has 0 rings (SSSR count). The van der Waals surface area contributed by atoms with E-state index in [1.54, 1.807) is 19.1 Å². The van der Waals surface area contributed by atoms with Gasteiger partial charge in [-0.05, 0) is 18.9 Å². The van der Waals surface area contributed by atoms with Gasteiger partial charge in [-0.2, -0.15) is 0 Å². The Kier molecular flexibility index (Phi) is 6.89. The molecule has 1 nitrogen and oxygen atoms in total. The Morgan fingerprint density at radius 2 is 1.85 bits per heavy atom. The number of allylic oxidation sites excluding steroid dienone is 6. The van der Waals surface area contributed by atoms with Crippen molar-refractivity contribution >= 4 is 5.78 Å². The van der Waals surface area contributed by atoms with E-state index in [-0.39, 0.29) is 5.78 Å². The maximum absolute atomic E-state index is 10.5. The number of rotatable bonds is 5. The maximum Gasteiger partial charge on any atom is 0.152 e. The van der Waals surface area contributed by atoms with Crippen molar-refractivity contribution < 1.29 is 4.79 Å². The van der Waals surface area contributed by atoms with Gasteiger partial charge in [-0.15, -0.1) is 0 Å². The van der Waals surface area contributed by atoms with Crippen molar-refractivity contribution in [1.29, 1.82) is 0 Å². The van der Waals surface area contributed by atoms with Crippen LogP contribution in [0.3, 0.4) is 0 Å². The Morgan fingerprint density at radius 3 is 2.38 bits per heavy atom. The Morgan fingerprint density at radius 1 is 1.23 bits per heavy atom. The summed E-state index contributed by atoms with van der Waals surface area (Å²) in [6.45, 7) is 5.88. The van der Waals surface area contributed by atoms with Crippen LogP contribution < -0.4 is 0 Å². The summed E-state index contributed by atoms with van der Waals surface area (Å²) >= 11 is 0. The van der Waals surface area contributed by atoms with Crippen LogP contribution in [0.2, 0.25) is 0 Å². The van der Waals surface area contributed by atoms with E-state index in [1.807, 2.05) is 18.2 Å². The molecule has 0 saturated heterocycles. The molecule has 0 aromatic rings. The SMILES string of the molecule is CC[C@H](C)/C=C/C=C/C=C/C(C)=O. The molecule has 0 aromatic carbocycles. The first-order valence-electron chi connectivity index (χ1n) is 4.69. The van der Waals surface area contributed by atoms with Gasteiger partial charge in [-0.1, -0.05) is 50.6 Å². The van der Waals surface area contributed by atoms with Gasteiger partial charge >= 0.3 is 0 Å². The average molecular weight is 178 g/mol. The number of hydrogen-bond donors (Lipinski definition) is 0. The summed E-state index contributed by atoms with van der Waals surface area (Å²) in [5.41, 5.74) is 0. The van der Waals surface area contributed by atoms with E-state index in [2.05, 4.69) is 19.9 Å². The fraction of sp³-hybridized carbons (Fsp3) is 0.417. The summed E-state index contributed by atoms with van der Waals surface area (Å²) < 4.78 is 0. The molecule has 0 aliphatic heterocycles. The molecule has 0 unspecified atom stereocenters. The van der Waals surface area contributed by atoms with Gasteiger partial charge in [-0.25, -0.2) is 0 Å². The molecule has 0 aliphatic carbocycles. The van der Waals surface area contributed by atoms with Crippen LogP contribution in [0, 0.1) is 5.92 Å². The molecule has 0 heterocycles. The van der Waals surface area contributed by atoms with Crippen molar-refractivity contribution in [2.75, 3.05) is 0 Å². The van der Waals surface area contributed by atoms with Gasteiger partial charge in [0.25, 0.3) is 0 Å². The molecule has 0 bridgehead atoms. The van der Waals surface area contributed by atoms with Gasteiger partial charge in [0.1, 0.15) is 0 Å². The molecular weight excluding hydrogens is 160 g/mol. The monoisotopic (exact) mass is 178 g/mol. The fourth-order valence-electron chi connectivity index (χ4n) is 0.709. The topological polar surface area (TPSA) is 17.1 Å². The second-order valence-electron chi connectivity index (χ2n) is 3.13. The van der Waals surface area contributed by atoms with Crippen LogP contribution in [-0.4, -0.2) is 5.78 Å². The zero-order valence-corrected chi connectivity index (χ0v) is 8.66. The first-order valence-corrected chi connectivity index (χ1v) is 4.69. The van der Waals surface area contributed by atoms with Gasteiger partial charge in [0.15, 0.2) is 5.78 Å². The quantitative estimate of drug-likeness (QED) is 0.466. The highest BCUT2D eigenvalue weighted by Gasteiger charge is 1.87. The zero-order chi connectivity index (χ0) is 10.1. The van der Waals surface area contributed by atoms with Gasteiger partial charge in [0.05, 0.1) is 0 Å². The van der Waals surface area contributed by atoms with Gasteiger partial charge in [-0.3, -0.25) is 4.79 Å². The number of hydrogen-bond acceptors (Lipinski definition) is 1. The van der Waals surface area contributed by atoms with Gasteiger partial charge in [0.2, 0.25) is 0 Å². The number of ketones is 1. The lowest BCUT2D eigenvalue weighted by molar-refractivity contribution is -0.112. The molecule has 0 spiro atoms. The van der Waals surface area contributed by atoms with Crippen LogP contribution in [-0.2, 0) is 4.79 Å². The van der Waals surface area contributed by atoms with Crippen molar-refractivity contribution in [3.05, 3.63) is 36.5 Å². The van der Waals surface area contributed by atoms with Crippen LogP contribution in [0.15, 0.2) is 36.5 Å². The second-order valence-corrected chi connectivity index (χ2v) is 3.13. The largest absolute Gasteiger partial charge is 0.295 e. The second kappa shape index (κ2) is 7.53. The van der Waals surface area contributed by atoms with Crippen molar-refractivity contribution in [3.63, 3.8) is 0 Å². The van der Waals surface area contributed by atoms with Gasteiger partial charge < -0.3 is 0 Å². The van der Waals surface area contributed by atoms with Crippen LogP contribution in [0.5, 0.6) is 0 Å². The summed E-state index contributed by atoms with van der Waals surface area (Å²) in [6, 6.07) is 0. The minimum Gasteiger partial charge on any atom is -0.295 e. The summed E-state index contributed by atoms with van der Waals surface area (Å²) in [6.07, 6.45) is 12.4. The Hall–Kier alpha value is -1.11. The minimum absolute atomic E-state index is 0.0792. The van der Waals surface area contributed by atoms with Crippen LogP contribution in [0.1, 0.15) is 27.2 Å². The third-order valence-corrected chi connectivity index (χ3v) is 1.75. The zero-order valence-electron chi connectivity index (χ0n) is 8.66. The number of carbonyl (C=O) groups excluding carboxylic acids is 1. The summed E-state index contributed by atoms with van der Waals surface area (Å²) in [4.78, 5) is 10.5. The van der Waals surface area contributed by atoms with E-state index in [9.17, 15) is 4.79 Å². The summed E-state index contributed by atoms with van der Waals surface area (Å²) in [5, 5.41) is 0. The molecular formula is C12H18O. The van der Waals surface area contributed by atoms with E-state index in [4.69, 9.17) is 0 Å². The predicted molar refractivity (Wildman–Crippen MR) is 57.6 cm³/mol. The smallest absolute Gasteiger partial charge is 0.152 e. The fourth-order valence-corrected chi connectivity index (χ4v) is 0.709. The van der Waals surface area contributed by atoms with Crippen LogP contribution in [0.25, 0.3) is 0 Å². The lowest BCUT2D eigenvalue weighted by Gasteiger charge is -1.96. The highest BCUT2D eigenvalue weighted by Crippen LogP contribution is 2.01. The lowest BCUT2D eigenvalue weighted by atomic mass is 10.1. The molecule has 0 saturated carbocycles. The maximum atomic E-state index is 10.5. The highest BCUT2D eigenvalue weighted by atomic mass is 16.1. The Labute approximate surface area is 80.8 Å². The lowest BCUT2D eigenvalue weighted by Crippen LogP contribution is -1.82. The van der Waals surface area contributed by atoms with E-state index >= 15 is 0 Å². The molecule has 13 heavy (non-hydrogen) atoms. The van der Waals surface area contributed by atoms with Crippen molar-refractivity contribution in [3.8, 4) is 0 Å². The van der Waals surface area contributed by atoms with E-state index in [0.29, 0.717) is 5.92 Å². The molecule has 0 aliphatic rings. The van der Waals surface area contributed by atoms with Crippen molar-refractivity contribution in [1.82, 2.24) is 0 Å². The van der Waals surface area contributed by atoms with Crippen molar-refractivity contribution in [2.24, 2.45) is 5.92 Å². The van der Waals surface area contributed by atoms with E-state index in [1.165, 1.54) is 0 Å². The first-order chi connectivity index (χ1) is 6.16. The Bertz CT molecular complexity index is 221. The first kappa shape index (κ1) is 11.9.